The second-order valence-corrected chi connectivity index (χ2v) is 5.95. The molecule has 0 spiro atoms. The molecule has 0 fully saturated rings. The molecule has 0 heterocycles. The number of hydrogen-bond donors (Lipinski definition) is 3. The molecular formula is C17H14Cl2N4O4. The number of nitrogens with one attached hydrogen (secondary N) is 2. The molecule has 0 unspecified atom stereocenters. The number of ether oxygens (including phenoxy) is 1. The summed E-state index contributed by atoms with van der Waals surface area (Å²) >= 11 is 11.7. The van der Waals surface area contributed by atoms with E-state index in [0.29, 0.717) is 16.3 Å². The molecule has 0 radical (unpaired) electrons. The zero-order chi connectivity index (χ0) is 19.8. The van der Waals surface area contributed by atoms with E-state index in [1.165, 1.54) is 18.3 Å². The third-order valence-corrected chi connectivity index (χ3v) is 3.57. The van der Waals surface area contributed by atoms with Crippen molar-refractivity contribution in [2.75, 3.05) is 11.9 Å². The van der Waals surface area contributed by atoms with Crippen LogP contribution in [-0.4, -0.2) is 30.5 Å². The third-order valence-electron chi connectivity index (χ3n) is 3.00. The second kappa shape index (κ2) is 9.56. The van der Waals surface area contributed by atoms with Gasteiger partial charge in [-0.2, -0.15) is 5.10 Å². The second-order valence-electron chi connectivity index (χ2n) is 5.10. The van der Waals surface area contributed by atoms with Gasteiger partial charge in [0.1, 0.15) is 5.75 Å². The summed E-state index contributed by atoms with van der Waals surface area (Å²) in [5.41, 5.74) is 7.85. The number of carbonyl (C=O) groups is 3. The highest BCUT2D eigenvalue weighted by atomic mass is 35.5. The van der Waals surface area contributed by atoms with Crippen LogP contribution in [0, 0.1) is 0 Å². The number of anilines is 1. The number of nitrogens with zero attached hydrogens (tertiary/aromatic N) is 1. The van der Waals surface area contributed by atoms with Crippen molar-refractivity contribution in [2.24, 2.45) is 10.8 Å². The summed E-state index contributed by atoms with van der Waals surface area (Å²) in [6.45, 7) is -0.260. The molecule has 0 aliphatic rings. The van der Waals surface area contributed by atoms with Crippen molar-refractivity contribution in [1.82, 2.24) is 5.43 Å². The summed E-state index contributed by atoms with van der Waals surface area (Å²) in [4.78, 5) is 34.4. The molecule has 0 atom stereocenters. The van der Waals surface area contributed by atoms with E-state index in [0.717, 1.165) is 0 Å². The van der Waals surface area contributed by atoms with Gasteiger partial charge in [0.2, 0.25) is 0 Å². The van der Waals surface area contributed by atoms with E-state index in [9.17, 15) is 14.4 Å². The maximum absolute atomic E-state index is 11.9. The molecular weight excluding hydrogens is 395 g/mol. The lowest BCUT2D eigenvalue weighted by atomic mass is 10.2. The first kappa shape index (κ1) is 20.2. The summed E-state index contributed by atoms with van der Waals surface area (Å²) in [7, 11) is 0. The number of rotatable bonds is 6. The Morgan fingerprint density at radius 2 is 1.89 bits per heavy atom. The lowest BCUT2D eigenvalue weighted by Gasteiger charge is -2.06. The van der Waals surface area contributed by atoms with Gasteiger partial charge in [-0.3, -0.25) is 14.4 Å². The van der Waals surface area contributed by atoms with E-state index in [2.05, 4.69) is 15.8 Å². The van der Waals surface area contributed by atoms with E-state index in [1.54, 1.807) is 30.3 Å². The molecule has 27 heavy (non-hydrogen) atoms. The molecule has 2 aromatic rings. The predicted molar refractivity (Wildman–Crippen MR) is 102 cm³/mol. The van der Waals surface area contributed by atoms with Crippen molar-refractivity contribution in [3.05, 3.63) is 58.1 Å². The van der Waals surface area contributed by atoms with Crippen LogP contribution in [0.2, 0.25) is 10.0 Å². The van der Waals surface area contributed by atoms with Gasteiger partial charge >= 0.3 is 11.8 Å². The highest BCUT2D eigenvalue weighted by Gasteiger charge is 2.14. The first-order valence-corrected chi connectivity index (χ1v) is 8.21. The Bertz CT molecular complexity index is 902. The van der Waals surface area contributed by atoms with Crippen molar-refractivity contribution in [3.63, 3.8) is 0 Å². The number of carbonyl (C=O) groups excluding carboxylic acids is 3. The van der Waals surface area contributed by atoms with E-state index >= 15 is 0 Å². The number of halogens is 2. The van der Waals surface area contributed by atoms with Crippen LogP contribution in [0.15, 0.2) is 47.6 Å². The fourth-order valence-corrected chi connectivity index (χ4v) is 2.16. The topological polar surface area (TPSA) is 123 Å². The molecule has 0 aromatic heterocycles. The van der Waals surface area contributed by atoms with E-state index in [4.69, 9.17) is 33.7 Å². The monoisotopic (exact) mass is 408 g/mol. The number of nitrogens with two attached hydrogens (primary N) is 1. The summed E-state index contributed by atoms with van der Waals surface area (Å²) < 4.78 is 5.15. The molecule has 0 aliphatic carbocycles. The van der Waals surface area contributed by atoms with Gasteiger partial charge in [-0.05, 0) is 35.9 Å². The highest BCUT2D eigenvalue weighted by Crippen LogP contribution is 2.25. The maximum atomic E-state index is 11.9. The molecule has 140 valence electrons. The molecule has 3 amide bonds. The normalized spacial score (nSPS) is 10.4. The minimum absolute atomic E-state index is 0.201. The van der Waals surface area contributed by atoms with Gasteiger partial charge in [0.05, 0.1) is 16.9 Å². The average molecular weight is 409 g/mol. The van der Waals surface area contributed by atoms with Gasteiger partial charge in [0, 0.05) is 5.02 Å². The van der Waals surface area contributed by atoms with Crippen LogP contribution in [0.5, 0.6) is 5.75 Å². The van der Waals surface area contributed by atoms with Gasteiger partial charge in [-0.15, -0.1) is 0 Å². The third kappa shape index (κ3) is 6.61. The van der Waals surface area contributed by atoms with Crippen LogP contribution in [0.1, 0.15) is 5.56 Å². The molecule has 2 rings (SSSR count). The number of hydrazone groups is 1. The summed E-state index contributed by atoms with van der Waals surface area (Å²) in [5, 5.41) is 6.61. The van der Waals surface area contributed by atoms with Crippen LogP contribution in [0.4, 0.5) is 5.69 Å². The smallest absolute Gasteiger partial charge is 0.329 e. The Morgan fingerprint density at radius 1 is 1.11 bits per heavy atom. The molecule has 0 saturated heterocycles. The van der Waals surface area contributed by atoms with Gasteiger partial charge in [0.25, 0.3) is 5.91 Å². The largest absolute Gasteiger partial charge is 0.484 e. The van der Waals surface area contributed by atoms with Crippen LogP contribution in [-0.2, 0) is 14.4 Å². The lowest BCUT2D eigenvalue weighted by molar-refractivity contribution is -0.136. The summed E-state index contributed by atoms with van der Waals surface area (Å²) in [6, 6.07) is 11.0. The minimum Gasteiger partial charge on any atom is -0.484 e. The Morgan fingerprint density at radius 3 is 2.63 bits per heavy atom. The fraction of sp³-hybridized carbons (Fsp3) is 0.0588. The average Bonchev–Trinajstić information content (AvgIpc) is 2.63. The van der Waals surface area contributed by atoms with Gasteiger partial charge in [0.15, 0.2) is 6.61 Å². The predicted octanol–water partition coefficient (Wildman–Crippen LogP) is 1.95. The SMILES string of the molecule is NC(=O)COc1cccc(/C=N/NC(=O)C(=O)Nc2cc(Cl)ccc2Cl)c1. The van der Waals surface area contributed by atoms with Gasteiger partial charge < -0.3 is 15.8 Å². The Kier molecular flexibility index (Phi) is 7.16. The van der Waals surface area contributed by atoms with Crippen LogP contribution < -0.4 is 21.2 Å². The van der Waals surface area contributed by atoms with E-state index in [-0.39, 0.29) is 17.3 Å². The summed E-state index contributed by atoms with van der Waals surface area (Å²) in [6.07, 6.45) is 1.30. The summed E-state index contributed by atoms with van der Waals surface area (Å²) in [5.74, 6) is -2.16. The number of amides is 3. The first-order chi connectivity index (χ1) is 12.8. The molecule has 0 aliphatic heterocycles. The molecule has 8 nitrogen and oxygen atoms in total. The van der Waals surface area contributed by atoms with Crippen molar-refractivity contribution in [1.29, 1.82) is 0 Å². The van der Waals surface area contributed by atoms with Crippen molar-refractivity contribution in [2.45, 2.75) is 0 Å². The van der Waals surface area contributed by atoms with E-state index in [1.807, 2.05) is 0 Å². The van der Waals surface area contributed by atoms with Gasteiger partial charge in [-0.1, -0.05) is 35.3 Å². The van der Waals surface area contributed by atoms with Gasteiger partial charge in [-0.25, -0.2) is 5.43 Å². The lowest BCUT2D eigenvalue weighted by Crippen LogP contribution is -2.32. The molecule has 0 bridgehead atoms. The number of hydrogen-bond acceptors (Lipinski definition) is 5. The Hall–Kier alpha value is -3.10. The highest BCUT2D eigenvalue weighted by molar-refractivity contribution is 6.42. The molecule has 4 N–H and O–H groups in total. The first-order valence-electron chi connectivity index (χ1n) is 7.46. The maximum Gasteiger partial charge on any atom is 0.329 e. The fourth-order valence-electron chi connectivity index (χ4n) is 1.83. The van der Waals surface area contributed by atoms with Crippen LogP contribution in [0.25, 0.3) is 0 Å². The van der Waals surface area contributed by atoms with Crippen LogP contribution in [0.3, 0.4) is 0 Å². The zero-order valence-electron chi connectivity index (χ0n) is 13.7. The zero-order valence-corrected chi connectivity index (χ0v) is 15.3. The van der Waals surface area contributed by atoms with E-state index < -0.39 is 17.7 Å². The van der Waals surface area contributed by atoms with Crippen molar-refractivity contribution in [3.8, 4) is 5.75 Å². The minimum atomic E-state index is -0.997. The Balaban J connectivity index is 1.92. The number of primary amides is 1. The number of benzene rings is 2. The molecule has 10 heteroatoms. The molecule has 2 aromatic carbocycles. The Labute approximate surface area is 164 Å². The standard InChI is InChI=1S/C17H14Cl2N4O4/c18-11-4-5-13(19)14(7-11)22-16(25)17(26)23-21-8-10-2-1-3-12(6-10)27-9-15(20)24/h1-8H,9H2,(H2,20,24)(H,22,25)(H,23,26)/b21-8+. The van der Waals surface area contributed by atoms with Crippen molar-refractivity contribution >= 4 is 52.8 Å². The molecule has 0 saturated carbocycles. The van der Waals surface area contributed by atoms with Crippen LogP contribution >= 0.6 is 23.2 Å². The quantitative estimate of drug-likeness (QED) is 0.383. The van der Waals surface area contributed by atoms with Crippen molar-refractivity contribution < 1.29 is 19.1 Å².